The molecule has 0 amide bonds. The molecule has 2 aliphatic heterocycles. The molecule has 6 aromatic rings. The van der Waals surface area contributed by atoms with Crippen molar-refractivity contribution >= 4 is 171 Å². The maximum absolute atomic E-state index is 5.46. The minimum Gasteiger partial charge on any atom is -0.382 e. The number of ether oxygens (including phenoxy) is 5. The summed E-state index contributed by atoms with van der Waals surface area (Å²) in [5.41, 5.74) is 17.9. The predicted octanol–water partition coefficient (Wildman–Crippen LogP) is 36.7. The van der Waals surface area contributed by atoms with Crippen LogP contribution < -0.4 is 0 Å². The van der Waals surface area contributed by atoms with E-state index in [1.165, 1.54) is 143 Å². The van der Waals surface area contributed by atoms with E-state index in [0.717, 1.165) is 95.5 Å². The van der Waals surface area contributed by atoms with E-state index in [-0.39, 0.29) is 0 Å². The minimum atomic E-state index is -1.61. The molecule has 0 aromatic heterocycles. The molecular weight excluding hydrogens is 1830 g/mol. The fourth-order valence-electron chi connectivity index (χ4n) is 8.38. The van der Waals surface area contributed by atoms with E-state index in [2.05, 4.69) is 306 Å². The van der Waals surface area contributed by atoms with Crippen LogP contribution in [0.2, 0.25) is 0 Å². The second kappa shape index (κ2) is 96.8. The molecule has 5 nitrogen and oxygen atoms in total. The SMILES string of the molecule is C1CCOC1.CC(C)Br.CC(C)CCOCCC(C)C.CC(C)OC(C)C.CC1CCCO1.CCCCCCCl.CCCCCl.CCOCC.CCc1cc(CC)cc(CC)c1.Cc1ccc(C)c(C)c1.Cc1ccc(C)cc1.Cc1cccc(C)c1.Cc1ccccc1.Cc1ccccc1C.ClC(Cl)(Cl)Br.ClC(Cl)(Cl)Cl.ClC(Cl)Cl. The largest absolute Gasteiger partial charge is 0.382 e. The summed E-state index contributed by atoms with van der Waals surface area (Å²) < 4.78 is 22.0. The summed E-state index contributed by atoms with van der Waals surface area (Å²) in [6, 6.07) is 49.0. The molecule has 116 heavy (non-hydrogen) atoms. The first-order valence-electron chi connectivity index (χ1n) is 41.6. The number of alkyl halides is 14. The fraction of sp³-hybridized carbons (Fsp3) is 0.629. The summed E-state index contributed by atoms with van der Waals surface area (Å²) in [5.74, 6) is 3.19. The molecule has 1 atom stereocenters. The zero-order chi connectivity index (χ0) is 91.3. The zero-order valence-electron chi connectivity index (χ0n) is 77.1. The van der Waals surface area contributed by atoms with Gasteiger partial charge in [0.25, 0.3) is 3.25 Å². The maximum atomic E-state index is 5.46. The Morgan fingerprint density at radius 3 is 0.931 bits per heavy atom. The van der Waals surface area contributed by atoms with Gasteiger partial charge in [-0.1, -0.05) is 407 Å². The molecule has 0 N–H and O–H groups in total. The molecule has 678 valence electrons. The molecule has 1 unspecified atom stereocenters. The Morgan fingerprint density at radius 2 is 0.741 bits per heavy atom. The van der Waals surface area contributed by atoms with Crippen molar-refractivity contribution in [1.82, 2.24) is 0 Å². The van der Waals surface area contributed by atoms with Crippen molar-refractivity contribution in [2.45, 2.75) is 324 Å². The van der Waals surface area contributed by atoms with Gasteiger partial charge in [0, 0.05) is 62.8 Å². The Hall–Kier alpha value is -0.440. The molecule has 2 fully saturated rings. The number of aryl methyl sites for hydroxylation is 13. The first-order chi connectivity index (χ1) is 54.1. The Morgan fingerprint density at radius 1 is 0.414 bits per heavy atom. The van der Waals surface area contributed by atoms with Crippen molar-refractivity contribution in [3.05, 3.63) is 212 Å². The van der Waals surface area contributed by atoms with E-state index in [0.29, 0.717) is 23.1 Å². The first kappa shape index (κ1) is 134. The topological polar surface area (TPSA) is 46.2 Å². The van der Waals surface area contributed by atoms with Gasteiger partial charge in [-0.05, 0) is 255 Å². The lowest BCUT2D eigenvalue weighted by Crippen LogP contribution is -2.09. The van der Waals surface area contributed by atoms with Gasteiger partial charge >= 0.3 is 0 Å². The van der Waals surface area contributed by atoms with E-state index in [9.17, 15) is 0 Å². The second-order valence-corrected chi connectivity index (χ2v) is 41.7. The van der Waals surface area contributed by atoms with Crippen molar-refractivity contribution < 1.29 is 23.7 Å². The Labute approximate surface area is 792 Å². The van der Waals surface area contributed by atoms with E-state index < -0.39 is 10.2 Å². The van der Waals surface area contributed by atoms with Gasteiger partial charge in [0.2, 0.25) is 2.70 Å². The summed E-state index contributed by atoms with van der Waals surface area (Å²) in [5, 5.41) is 0. The summed E-state index contributed by atoms with van der Waals surface area (Å²) in [7, 11) is 0. The summed E-state index contributed by atoms with van der Waals surface area (Å²) in [4.78, 5) is 0.646. The molecule has 0 aliphatic carbocycles. The molecule has 0 saturated carbocycles. The van der Waals surface area contributed by atoms with Gasteiger partial charge < -0.3 is 23.7 Å². The highest BCUT2D eigenvalue weighted by Crippen LogP contribution is 2.32. The molecule has 2 saturated heterocycles. The number of unbranched alkanes of at least 4 members (excludes halogenated alkanes) is 4. The van der Waals surface area contributed by atoms with E-state index in [1.54, 1.807) is 0 Å². The summed E-state index contributed by atoms with van der Waals surface area (Å²) in [6.07, 6.45) is 19.7. The molecule has 2 aliphatic rings. The van der Waals surface area contributed by atoms with Crippen LogP contribution in [0, 0.1) is 81.1 Å². The monoisotopic (exact) mass is 1980 g/mol. The molecule has 0 spiro atoms. The first-order valence-corrected chi connectivity index (χ1v) is 48.3. The lowest BCUT2D eigenvalue weighted by Gasteiger charge is -2.09. The van der Waals surface area contributed by atoms with Crippen LogP contribution in [-0.4, -0.2) is 91.4 Å². The van der Waals surface area contributed by atoms with Crippen molar-refractivity contribution in [3.63, 3.8) is 0 Å². The highest BCUT2D eigenvalue weighted by atomic mass is 79.9. The van der Waals surface area contributed by atoms with Crippen LogP contribution in [-0.2, 0) is 42.9 Å². The van der Waals surface area contributed by atoms with Crippen LogP contribution in [0.4, 0.5) is 0 Å². The lowest BCUT2D eigenvalue weighted by atomic mass is 10.0. The smallest absolute Gasteiger partial charge is 0.266 e. The average molecular weight is 1990 g/mol. The number of halogens is 14. The average Bonchev–Trinajstić information content (AvgIpc) is 1.16. The van der Waals surface area contributed by atoms with Crippen LogP contribution in [0.1, 0.15) is 274 Å². The number of hydrogen-bond acceptors (Lipinski definition) is 5. The Kier molecular flexibility index (Phi) is 111. The molecule has 0 bridgehead atoms. The maximum Gasteiger partial charge on any atom is 0.266 e. The normalized spacial score (nSPS) is 11.8. The lowest BCUT2D eigenvalue weighted by molar-refractivity contribution is 0.0300. The summed E-state index contributed by atoms with van der Waals surface area (Å²) in [6.45, 7) is 66.0. The fourth-order valence-corrected chi connectivity index (χ4v) is 8.83. The minimum absolute atomic E-state index is 0.375. The van der Waals surface area contributed by atoms with Gasteiger partial charge in [-0.25, -0.2) is 0 Å². The van der Waals surface area contributed by atoms with Gasteiger partial charge in [0.15, 0.2) is 4.30 Å². The highest BCUT2D eigenvalue weighted by molar-refractivity contribution is 9.11. The third kappa shape index (κ3) is 139. The quantitative estimate of drug-likeness (QED) is 0.0597. The van der Waals surface area contributed by atoms with Crippen LogP contribution >= 0.6 is 171 Å². The van der Waals surface area contributed by atoms with Gasteiger partial charge in [0.1, 0.15) is 0 Å². The van der Waals surface area contributed by atoms with Gasteiger partial charge in [-0.2, -0.15) is 0 Å². The van der Waals surface area contributed by atoms with Gasteiger partial charge in [-0.3, -0.25) is 0 Å². The predicted molar refractivity (Wildman–Crippen MR) is 543 cm³/mol. The third-order valence-corrected chi connectivity index (χ3v) is 15.4. The second-order valence-electron chi connectivity index (χ2n) is 28.9. The van der Waals surface area contributed by atoms with Crippen LogP contribution in [0.25, 0.3) is 0 Å². The van der Waals surface area contributed by atoms with E-state index in [1.807, 2.05) is 59.7 Å². The highest BCUT2D eigenvalue weighted by Gasteiger charge is 2.12. The van der Waals surface area contributed by atoms with Crippen molar-refractivity contribution in [1.29, 1.82) is 0 Å². The molecular formula is C97H162Br2Cl12O5. The van der Waals surface area contributed by atoms with E-state index in [4.69, 9.17) is 163 Å². The Bertz CT molecular complexity index is 2720. The molecule has 6 aromatic carbocycles. The van der Waals surface area contributed by atoms with Crippen LogP contribution in [0.15, 0.2) is 140 Å². The van der Waals surface area contributed by atoms with Gasteiger partial charge in [0.05, 0.1) is 18.3 Å². The number of hydrogen-bond donors (Lipinski definition) is 0. The molecule has 0 radical (unpaired) electrons. The zero-order valence-corrected chi connectivity index (χ0v) is 89.4. The Balaban J connectivity index is -0.000000151. The number of rotatable bonds is 19. The van der Waals surface area contributed by atoms with Crippen LogP contribution in [0.5, 0.6) is 0 Å². The van der Waals surface area contributed by atoms with Crippen LogP contribution in [0.3, 0.4) is 0 Å². The standard InChI is InChI=1S/C12H18.C10H22O.C9H12.3C8H10.C7H8.C6H13Cl.C6H14O.C5H10O.C4H9Cl.C4H8O.C4H10O.C3H7Br.CBrCl3.CCl4.CHCl3/c1-4-10-7-11(5-2)9-12(6-3)8-10;1-9(2)5-7-11-8-6-10(3)4;1-7-4-5-8(2)9(3)6-7;1-7-3-5-8(2)6-4-7;1-7-4-3-5-8(2)6-7;1-7-5-3-4-6-8(7)2;1-7-5-3-2-4-6-7;1-2-3-4-5-6-7;1-5(2)7-6(3)4;1-5-3-2-4-6-5;1-2-3-4-5;1-2-4-5-3-1;1-3-5-4-2;1-3(2)4;2*2-1(3,4)5;2-1(3)4/h7-9H,4-6H2,1-3H3;9-10H,5-8H2,1-4H3;4-6H,1-3H3;3*3-6H,1-2H3;2-6H,1H3;2-6H2,1H3;5-6H,1-4H3;5H,2-4H2,1H3;2-4H2,1H3;1-4H2;3-4H2,1-2H3;3H,1-2H3;;;1H. The molecule has 19 heteroatoms. The van der Waals surface area contributed by atoms with Crippen molar-refractivity contribution in [2.75, 3.05) is 58.0 Å². The number of benzene rings is 6. The van der Waals surface area contributed by atoms with Crippen molar-refractivity contribution in [3.8, 4) is 0 Å². The summed E-state index contributed by atoms with van der Waals surface area (Å²) >= 11 is 65.3. The third-order valence-electron chi connectivity index (χ3n) is 14.8. The molecule has 2 heterocycles. The van der Waals surface area contributed by atoms with E-state index >= 15 is 0 Å². The van der Waals surface area contributed by atoms with Crippen molar-refractivity contribution in [2.24, 2.45) is 11.8 Å². The molecule has 8 rings (SSSR count). The van der Waals surface area contributed by atoms with Gasteiger partial charge in [-0.15, -0.1) is 23.2 Å².